The molecule has 1 aromatic heterocycles. The summed E-state index contributed by atoms with van der Waals surface area (Å²) in [4.78, 5) is 12.9. The molecule has 0 aliphatic carbocycles. The molecule has 1 N–H and O–H groups in total. The number of thiophene rings is 1. The number of ether oxygens (including phenoxy) is 2. The van der Waals surface area contributed by atoms with Crippen molar-refractivity contribution >= 4 is 27.3 Å². The minimum absolute atomic E-state index is 0.132. The standard InChI is InChI=1S/C22H28N2O5S2/c1-3-28-19-11-17-10-15(2)29-20(17)12-18(19)13-23-22(25)16-6-4-8-24(14-16)31(26,27)21-7-5-9-30-21/h5,7,9,11-12,15-16H,3-4,6,8,10,13-14H2,1-2H3,(H,23,25)/t15-,16-/m0/s1. The Morgan fingerprint density at radius 3 is 2.97 bits per heavy atom. The molecular weight excluding hydrogens is 436 g/mol. The smallest absolute Gasteiger partial charge is 0.252 e. The lowest BCUT2D eigenvalue weighted by Crippen LogP contribution is -2.45. The summed E-state index contributed by atoms with van der Waals surface area (Å²) in [5.41, 5.74) is 1.98. The summed E-state index contributed by atoms with van der Waals surface area (Å²) in [7, 11) is -3.54. The molecule has 9 heteroatoms. The number of piperidine rings is 1. The SMILES string of the molecule is CCOc1cc2c(cc1CNC(=O)[C@H]1CCCN(S(=O)(=O)c3cccs3)C1)O[C@@H](C)C2. The first kappa shape index (κ1) is 22.1. The highest BCUT2D eigenvalue weighted by Gasteiger charge is 2.34. The number of amides is 1. The van der Waals surface area contributed by atoms with Crippen LogP contribution in [-0.2, 0) is 27.8 Å². The number of fused-ring (bicyclic) bond motifs is 1. The van der Waals surface area contributed by atoms with Gasteiger partial charge in [-0.05, 0) is 50.3 Å². The molecular formula is C22H28N2O5S2. The molecule has 0 bridgehead atoms. The molecule has 1 aromatic carbocycles. The van der Waals surface area contributed by atoms with Crippen molar-refractivity contribution in [3.05, 3.63) is 40.8 Å². The molecule has 1 amide bonds. The molecule has 7 nitrogen and oxygen atoms in total. The highest BCUT2D eigenvalue weighted by Crippen LogP contribution is 2.35. The van der Waals surface area contributed by atoms with Gasteiger partial charge in [0.2, 0.25) is 5.91 Å². The predicted molar refractivity (Wildman–Crippen MR) is 119 cm³/mol. The van der Waals surface area contributed by atoms with Crippen molar-refractivity contribution < 1.29 is 22.7 Å². The van der Waals surface area contributed by atoms with E-state index in [2.05, 4.69) is 5.32 Å². The van der Waals surface area contributed by atoms with Gasteiger partial charge in [0.1, 0.15) is 21.8 Å². The fourth-order valence-corrected chi connectivity index (χ4v) is 6.82. The average Bonchev–Trinajstić information content (AvgIpc) is 3.41. The lowest BCUT2D eigenvalue weighted by Gasteiger charge is -2.30. The van der Waals surface area contributed by atoms with Crippen LogP contribution in [0.4, 0.5) is 0 Å². The topological polar surface area (TPSA) is 84.9 Å². The first-order chi connectivity index (χ1) is 14.9. The van der Waals surface area contributed by atoms with Crippen LogP contribution in [-0.4, -0.2) is 44.4 Å². The summed E-state index contributed by atoms with van der Waals surface area (Å²) in [5, 5.41) is 4.73. The van der Waals surface area contributed by atoms with E-state index in [1.54, 1.807) is 17.5 Å². The van der Waals surface area contributed by atoms with Crippen LogP contribution in [0.25, 0.3) is 0 Å². The van der Waals surface area contributed by atoms with Gasteiger partial charge in [-0.3, -0.25) is 4.79 Å². The fourth-order valence-electron chi connectivity index (χ4n) is 4.15. The predicted octanol–water partition coefficient (Wildman–Crippen LogP) is 3.19. The molecule has 0 radical (unpaired) electrons. The van der Waals surface area contributed by atoms with Crippen LogP contribution in [0.5, 0.6) is 11.5 Å². The highest BCUT2D eigenvalue weighted by molar-refractivity contribution is 7.91. The van der Waals surface area contributed by atoms with E-state index in [1.807, 2.05) is 26.0 Å². The molecule has 1 fully saturated rings. The number of rotatable bonds is 7. The molecule has 2 atom stereocenters. The van der Waals surface area contributed by atoms with Crippen LogP contribution in [0, 0.1) is 5.92 Å². The highest BCUT2D eigenvalue weighted by atomic mass is 32.2. The third kappa shape index (κ3) is 4.73. The number of nitrogens with one attached hydrogen (secondary N) is 1. The molecule has 2 aromatic rings. The average molecular weight is 465 g/mol. The number of nitrogens with zero attached hydrogens (tertiary/aromatic N) is 1. The van der Waals surface area contributed by atoms with E-state index in [4.69, 9.17) is 9.47 Å². The normalized spacial score (nSPS) is 21.4. The van der Waals surface area contributed by atoms with Crippen molar-refractivity contribution in [2.24, 2.45) is 5.92 Å². The third-order valence-corrected chi connectivity index (χ3v) is 8.91. The summed E-state index contributed by atoms with van der Waals surface area (Å²) >= 11 is 1.20. The molecule has 31 heavy (non-hydrogen) atoms. The van der Waals surface area contributed by atoms with Gasteiger partial charge in [0.05, 0.1) is 12.5 Å². The van der Waals surface area contributed by atoms with Gasteiger partial charge in [0.25, 0.3) is 10.0 Å². The zero-order chi connectivity index (χ0) is 22.0. The minimum Gasteiger partial charge on any atom is -0.494 e. The van der Waals surface area contributed by atoms with E-state index >= 15 is 0 Å². The van der Waals surface area contributed by atoms with Crippen molar-refractivity contribution in [3.8, 4) is 11.5 Å². The first-order valence-electron chi connectivity index (χ1n) is 10.6. The van der Waals surface area contributed by atoms with Crippen molar-refractivity contribution in [2.45, 2.75) is 50.0 Å². The number of carbonyl (C=O) groups is 1. The number of sulfonamides is 1. The lowest BCUT2D eigenvalue weighted by molar-refractivity contribution is -0.126. The van der Waals surface area contributed by atoms with Gasteiger partial charge in [-0.2, -0.15) is 4.31 Å². The van der Waals surface area contributed by atoms with Gasteiger partial charge in [-0.15, -0.1) is 11.3 Å². The van der Waals surface area contributed by atoms with E-state index in [1.165, 1.54) is 15.6 Å². The Morgan fingerprint density at radius 2 is 2.23 bits per heavy atom. The Morgan fingerprint density at radius 1 is 1.39 bits per heavy atom. The van der Waals surface area contributed by atoms with Crippen LogP contribution in [0.2, 0.25) is 0 Å². The summed E-state index contributed by atoms with van der Waals surface area (Å²) in [5.74, 6) is 1.09. The second-order valence-corrected chi connectivity index (χ2v) is 11.1. The number of carbonyl (C=O) groups excluding carboxylic acids is 1. The Bertz CT molecular complexity index is 1040. The van der Waals surface area contributed by atoms with E-state index in [0.29, 0.717) is 36.7 Å². The number of hydrogen-bond donors (Lipinski definition) is 1. The van der Waals surface area contributed by atoms with Crippen molar-refractivity contribution in [3.63, 3.8) is 0 Å². The Balaban J connectivity index is 1.43. The molecule has 2 aliphatic heterocycles. The quantitative estimate of drug-likeness (QED) is 0.680. The van der Waals surface area contributed by atoms with E-state index in [0.717, 1.165) is 29.0 Å². The Hall–Kier alpha value is -2.10. The van der Waals surface area contributed by atoms with Crippen LogP contribution < -0.4 is 14.8 Å². The molecule has 1 saturated heterocycles. The van der Waals surface area contributed by atoms with Crippen molar-refractivity contribution in [1.29, 1.82) is 0 Å². The van der Waals surface area contributed by atoms with Gasteiger partial charge >= 0.3 is 0 Å². The van der Waals surface area contributed by atoms with Gasteiger partial charge < -0.3 is 14.8 Å². The Labute approximate surface area is 187 Å². The number of benzene rings is 1. The summed E-state index contributed by atoms with van der Waals surface area (Å²) in [6, 6.07) is 7.27. The summed E-state index contributed by atoms with van der Waals surface area (Å²) in [6.07, 6.45) is 2.31. The van der Waals surface area contributed by atoms with Crippen LogP contribution in [0.1, 0.15) is 37.8 Å². The molecule has 2 aliphatic rings. The maximum Gasteiger partial charge on any atom is 0.252 e. The van der Waals surface area contributed by atoms with Crippen LogP contribution in [0.3, 0.4) is 0 Å². The van der Waals surface area contributed by atoms with Gasteiger partial charge in [0, 0.05) is 37.2 Å². The molecule has 0 unspecified atom stereocenters. The molecule has 3 heterocycles. The molecule has 0 spiro atoms. The van der Waals surface area contributed by atoms with Gasteiger partial charge in [-0.1, -0.05) is 6.07 Å². The zero-order valence-corrected chi connectivity index (χ0v) is 19.4. The zero-order valence-electron chi connectivity index (χ0n) is 17.8. The maximum atomic E-state index is 12.9. The fraction of sp³-hybridized carbons (Fsp3) is 0.500. The van der Waals surface area contributed by atoms with Crippen LogP contribution in [0.15, 0.2) is 33.9 Å². The first-order valence-corrected chi connectivity index (χ1v) is 13.0. The third-order valence-electron chi connectivity index (χ3n) is 5.68. The maximum absolute atomic E-state index is 12.9. The van der Waals surface area contributed by atoms with E-state index < -0.39 is 10.0 Å². The monoisotopic (exact) mass is 464 g/mol. The summed E-state index contributed by atoms with van der Waals surface area (Å²) in [6.45, 7) is 5.45. The largest absolute Gasteiger partial charge is 0.494 e. The Kier molecular flexibility index (Phi) is 6.55. The molecule has 4 rings (SSSR count). The molecule has 0 saturated carbocycles. The van der Waals surface area contributed by atoms with Crippen molar-refractivity contribution in [1.82, 2.24) is 9.62 Å². The van der Waals surface area contributed by atoms with E-state index in [9.17, 15) is 13.2 Å². The van der Waals surface area contributed by atoms with E-state index in [-0.39, 0.29) is 24.5 Å². The van der Waals surface area contributed by atoms with Crippen molar-refractivity contribution in [2.75, 3.05) is 19.7 Å². The van der Waals surface area contributed by atoms with Gasteiger partial charge in [0.15, 0.2) is 0 Å². The van der Waals surface area contributed by atoms with Gasteiger partial charge in [-0.25, -0.2) is 8.42 Å². The molecule has 168 valence electrons. The second-order valence-electron chi connectivity index (χ2n) is 7.99. The second kappa shape index (κ2) is 9.18. The number of hydrogen-bond acceptors (Lipinski definition) is 6. The lowest BCUT2D eigenvalue weighted by atomic mass is 9.98. The minimum atomic E-state index is -3.54. The van der Waals surface area contributed by atoms with Crippen LogP contribution >= 0.6 is 11.3 Å². The summed E-state index contributed by atoms with van der Waals surface area (Å²) < 4.78 is 39.0.